The van der Waals surface area contributed by atoms with Gasteiger partial charge in [-0.1, -0.05) is 18.7 Å². The van der Waals surface area contributed by atoms with Gasteiger partial charge in [-0.15, -0.1) is 0 Å². The van der Waals surface area contributed by atoms with Crippen molar-refractivity contribution >= 4 is 22.8 Å². The van der Waals surface area contributed by atoms with Crippen molar-refractivity contribution in [3.05, 3.63) is 54.6 Å². The second-order valence-electron chi connectivity index (χ2n) is 3.86. The molecule has 0 bridgehead atoms. The summed E-state index contributed by atoms with van der Waals surface area (Å²) in [6, 6.07) is 7.76. The third kappa shape index (κ3) is 2.79. The van der Waals surface area contributed by atoms with E-state index >= 15 is 0 Å². The van der Waals surface area contributed by atoms with Crippen LogP contribution in [-0.2, 0) is 0 Å². The molecule has 1 heterocycles. The zero-order valence-electron chi connectivity index (χ0n) is 10.2. The number of nitrogens with two attached hydrogens (primary N) is 1. The molecule has 1 aromatic heterocycles. The second kappa shape index (κ2) is 5.23. The van der Waals surface area contributed by atoms with Gasteiger partial charge >= 0.3 is 0 Å². The Labute approximate surface area is 106 Å². The summed E-state index contributed by atoms with van der Waals surface area (Å²) in [7, 11) is 0. The molecular formula is C14H14N4. The molecule has 0 radical (unpaired) electrons. The highest BCUT2D eigenvalue weighted by Gasteiger charge is 2.00. The molecule has 18 heavy (non-hydrogen) atoms. The van der Waals surface area contributed by atoms with Crippen molar-refractivity contribution in [1.82, 2.24) is 9.97 Å². The zero-order chi connectivity index (χ0) is 13.0. The molecule has 90 valence electrons. The molecule has 4 nitrogen and oxygen atoms in total. The highest BCUT2D eigenvalue weighted by molar-refractivity contribution is 5.84. The van der Waals surface area contributed by atoms with E-state index in [1.54, 1.807) is 12.4 Å². The Hall–Kier alpha value is -2.49. The number of rotatable bonds is 3. The summed E-state index contributed by atoms with van der Waals surface area (Å²) in [5.74, 6) is 0.281. The largest absolute Gasteiger partial charge is 0.384 e. The molecule has 2 N–H and O–H groups in total. The van der Waals surface area contributed by atoms with E-state index in [9.17, 15) is 0 Å². The Kier molecular flexibility index (Phi) is 3.48. The van der Waals surface area contributed by atoms with Crippen LogP contribution in [0.1, 0.15) is 12.6 Å². The number of fused-ring (bicyclic) bond motifs is 1. The van der Waals surface area contributed by atoms with Crippen LogP contribution in [0.25, 0.3) is 16.6 Å². The van der Waals surface area contributed by atoms with Crippen LogP contribution in [0.3, 0.4) is 0 Å². The summed E-state index contributed by atoms with van der Waals surface area (Å²) in [6.07, 6.45) is 5.19. The van der Waals surface area contributed by atoms with E-state index in [0.717, 1.165) is 22.3 Å². The van der Waals surface area contributed by atoms with Crippen LogP contribution >= 0.6 is 0 Å². The van der Waals surface area contributed by atoms with E-state index in [1.165, 1.54) is 0 Å². The molecule has 1 aromatic carbocycles. The van der Waals surface area contributed by atoms with E-state index < -0.39 is 0 Å². The van der Waals surface area contributed by atoms with Crippen LogP contribution < -0.4 is 5.73 Å². The lowest BCUT2D eigenvalue weighted by molar-refractivity contribution is 1.24. The Balaban J connectivity index is 2.33. The van der Waals surface area contributed by atoms with E-state index in [1.807, 2.05) is 37.3 Å². The van der Waals surface area contributed by atoms with E-state index in [4.69, 9.17) is 5.73 Å². The maximum atomic E-state index is 5.34. The molecule has 0 aliphatic carbocycles. The van der Waals surface area contributed by atoms with E-state index in [0.29, 0.717) is 0 Å². The quantitative estimate of drug-likeness (QED) is 0.836. The minimum Gasteiger partial charge on any atom is -0.384 e. The van der Waals surface area contributed by atoms with Gasteiger partial charge in [0.15, 0.2) is 0 Å². The van der Waals surface area contributed by atoms with Crippen molar-refractivity contribution in [2.45, 2.75) is 6.92 Å². The summed E-state index contributed by atoms with van der Waals surface area (Å²) in [4.78, 5) is 12.8. The molecule has 2 rings (SSSR count). The minimum atomic E-state index is 0.281. The molecule has 0 saturated heterocycles. The third-order valence-corrected chi connectivity index (χ3v) is 2.42. The van der Waals surface area contributed by atoms with Gasteiger partial charge in [-0.05, 0) is 30.7 Å². The second-order valence-corrected chi connectivity index (χ2v) is 3.86. The first-order valence-corrected chi connectivity index (χ1v) is 5.54. The summed E-state index contributed by atoms with van der Waals surface area (Å²) in [6.45, 7) is 5.44. The van der Waals surface area contributed by atoms with Crippen molar-refractivity contribution in [3.63, 3.8) is 0 Å². The average molecular weight is 238 g/mol. The number of para-hydroxylation sites is 2. The number of benzene rings is 1. The van der Waals surface area contributed by atoms with E-state index in [-0.39, 0.29) is 5.82 Å². The Morgan fingerprint density at radius 2 is 2.06 bits per heavy atom. The first kappa shape index (κ1) is 12.0. The van der Waals surface area contributed by atoms with Crippen LogP contribution in [-0.4, -0.2) is 16.2 Å². The number of nitrogens with zero attached hydrogens (tertiary/aromatic N) is 3. The fraction of sp³-hybridized carbons (Fsp3) is 0.0714. The van der Waals surface area contributed by atoms with Gasteiger partial charge in [0.25, 0.3) is 0 Å². The molecule has 2 aromatic rings. The van der Waals surface area contributed by atoms with Crippen molar-refractivity contribution in [3.8, 4) is 0 Å². The molecule has 0 aliphatic rings. The van der Waals surface area contributed by atoms with Crippen LogP contribution in [0.15, 0.2) is 53.9 Å². The normalized spacial score (nSPS) is 12.2. The van der Waals surface area contributed by atoms with Gasteiger partial charge in [-0.3, -0.25) is 4.98 Å². The summed E-state index contributed by atoms with van der Waals surface area (Å²) in [5.41, 5.74) is 8.90. The summed E-state index contributed by atoms with van der Waals surface area (Å²) in [5, 5.41) is 0. The van der Waals surface area contributed by atoms with Gasteiger partial charge in [0.05, 0.1) is 22.9 Å². The molecule has 0 atom stereocenters. The lowest BCUT2D eigenvalue weighted by Crippen LogP contribution is -1.92. The fourth-order valence-corrected chi connectivity index (χ4v) is 1.48. The van der Waals surface area contributed by atoms with Crippen molar-refractivity contribution in [1.29, 1.82) is 0 Å². The fourth-order valence-electron chi connectivity index (χ4n) is 1.48. The van der Waals surface area contributed by atoms with Gasteiger partial charge in [0.1, 0.15) is 5.82 Å². The van der Waals surface area contributed by atoms with Crippen LogP contribution in [0, 0.1) is 0 Å². The van der Waals surface area contributed by atoms with Crippen molar-refractivity contribution < 1.29 is 0 Å². The molecule has 4 heteroatoms. The molecular weight excluding hydrogens is 224 g/mol. The maximum absolute atomic E-state index is 5.34. The Morgan fingerprint density at radius 3 is 2.78 bits per heavy atom. The SMILES string of the molecule is C=C(N)/N=C\C=C(/C)c1cnc2ccccc2n1. The Bertz CT molecular complexity index is 641. The van der Waals surface area contributed by atoms with Gasteiger partial charge < -0.3 is 5.73 Å². The third-order valence-electron chi connectivity index (χ3n) is 2.42. The number of hydrogen-bond donors (Lipinski definition) is 1. The van der Waals surface area contributed by atoms with Crippen molar-refractivity contribution in [2.75, 3.05) is 0 Å². The lowest BCUT2D eigenvalue weighted by atomic mass is 10.2. The van der Waals surface area contributed by atoms with Gasteiger partial charge in [-0.2, -0.15) is 0 Å². The molecule has 0 unspecified atom stereocenters. The number of aromatic nitrogens is 2. The predicted octanol–water partition coefficient (Wildman–Crippen LogP) is 2.53. The number of aliphatic imine (C=N–C) groups is 1. The topological polar surface area (TPSA) is 64.2 Å². The molecule has 0 aliphatic heterocycles. The van der Waals surface area contributed by atoms with Crippen LogP contribution in [0.5, 0.6) is 0 Å². The first-order chi connectivity index (χ1) is 8.66. The number of allylic oxidation sites excluding steroid dienone is 2. The highest BCUT2D eigenvalue weighted by atomic mass is 14.9. The summed E-state index contributed by atoms with van der Waals surface area (Å²) >= 11 is 0. The van der Waals surface area contributed by atoms with Gasteiger partial charge in [0.2, 0.25) is 0 Å². The highest BCUT2D eigenvalue weighted by Crippen LogP contribution is 2.14. The Morgan fingerprint density at radius 1 is 1.33 bits per heavy atom. The lowest BCUT2D eigenvalue weighted by Gasteiger charge is -2.01. The standard InChI is InChI=1S/C14H14N4/c1-10(7-8-16-11(2)15)14-9-17-12-5-3-4-6-13(12)18-14/h3-9H,2,15H2,1H3/b10-7+,16-8-. The maximum Gasteiger partial charge on any atom is 0.115 e. The first-order valence-electron chi connectivity index (χ1n) is 5.54. The van der Waals surface area contributed by atoms with Gasteiger partial charge in [-0.25, -0.2) is 9.98 Å². The zero-order valence-corrected chi connectivity index (χ0v) is 10.2. The van der Waals surface area contributed by atoms with Crippen molar-refractivity contribution in [2.24, 2.45) is 10.7 Å². The summed E-state index contributed by atoms with van der Waals surface area (Å²) < 4.78 is 0. The molecule has 0 amide bonds. The predicted molar refractivity (Wildman–Crippen MR) is 75.0 cm³/mol. The van der Waals surface area contributed by atoms with E-state index in [2.05, 4.69) is 21.5 Å². The molecule has 0 fully saturated rings. The smallest absolute Gasteiger partial charge is 0.115 e. The molecule has 0 spiro atoms. The molecule has 0 saturated carbocycles. The van der Waals surface area contributed by atoms with Gasteiger partial charge in [0, 0.05) is 6.21 Å². The average Bonchev–Trinajstić information content (AvgIpc) is 2.37. The monoisotopic (exact) mass is 238 g/mol. The van der Waals surface area contributed by atoms with Crippen LogP contribution in [0.2, 0.25) is 0 Å². The minimum absolute atomic E-state index is 0.281. The number of hydrogen-bond acceptors (Lipinski definition) is 4. The van der Waals surface area contributed by atoms with Crippen LogP contribution in [0.4, 0.5) is 0 Å².